The molecule has 0 spiro atoms. The van der Waals surface area contributed by atoms with Gasteiger partial charge >= 0.3 is 0 Å². The topological polar surface area (TPSA) is 69.1 Å². The second kappa shape index (κ2) is 4.82. The molecular weight excluding hydrogens is 292 g/mol. The number of amides is 1. The SMILES string of the molecule is Cc1c(Br)cccc1-c1cccc(C(N)=O)c1N. The van der Waals surface area contributed by atoms with E-state index in [0.717, 1.165) is 21.2 Å². The fourth-order valence-electron chi connectivity index (χ4n) is 1.91. The largest absolute Gasteiger partial charge is 0.398 e. The van der Waals surface area contributed by atoms with Crippen LogP contribution in [0, 0.1) is 6.92 Å². The second-order valence-electron chi connectivity index (χ2n) is 4.04. The van der Waals surface area contributed by atoms with Crippen LogP contribution in [0.4, 0.5) is 5.69 Å². The highest BCUT2D eigenvalue weighted by Crippen LogP contribution is 2.33. The molecule has 2 aromatic rings. The third kappa shape index (κ3) is 2.11. The highest BCUT2D eigenvalue weighted by molar-refractivity contribution is 9.10. The van der Waals surface area contributed by atoms with Gasteiger partial charge in [-0.15, -0.1) is 0 Å². The van der Waals surface area contributed by atoms with Crippen LogP contribution in [0.25, 0.3) is 11.1 Å². The van der Waals surface area contributed by atoms with Gasteiger partial charge in [0.05, 0.1) is 11.3 Å². The quantitative estimate of drug-likeness (QED) is 0.837. The van der Waals surface area contributed by atoms with E-state index in [9.17, 15) is 4.79 Å². The molecule has 0 fully saturated rings. The molecule has 0 aliphatic heterocycles. The van der Waals surface area contributed by atoms with E-state index in [1.165, 1.54) is 0 Å². The smallest absolute Gasteiger partial charge is 0.250 e. The minimum absolute atomic E-state index is 0.354. The third-order valence-electron chi connectivity index (χ3n) is 2.93. The molecule has 0 aromatic heterocycles. The van der Waals surface area contributed by atoms with E-state index < -0.39 is 5.91 Å². The second-order valence-corrected chi connectivity index (χ2v) is 4.90. The number of carbonyl (C=O) groups is 1. The Morgan fingerprint density at radius 1 is 1.11 bits per heavy atom. The van der Waals surface area contributed by atoms with Crippen molar-refractivity contribution in [1.82, 2.24) is 0 Å². The molecule has 0 saturated carbocycles. The highest BCUT2D eigenvalue weighted by Gasteiger charge is 2.12. The summed E-state index contributed by atoms with van der Waals surface area (Å²) in [5.74, 6) is -0.512. The number of para-hydroxylation sites is 1. The Bertz CT molecular complexity index is 623. The van der Waals surface area contributed by atoms with Gasteiger partial charge in [-0.25, -0.2) is 0 Å². The lowest BCUT2D eigenvalue weighted by atomic mass is 9.96. The van der Waals surface area contributed by atoms with Crippen LogP contribution in [0.15, 0.2) is 40.9 Å². The zero-order valence-corrected chi connectivity index (χ0v) is 11.5. The summed E-state index contributed by atoms with van der Waals surface area (Å²) < 4.78 is 1.00. The molecule has 0 saturated heterocycles. The molecule has 2 rings (SSSR count). The van der Waals surface area contributed by atoms with E-state index in [4.69, 9.17) is 11.5 Å². The normalized spacial score (nSPS) is 10.3. The summed E-state index contributed by atoms with van der Waals surface area (Å²) in [6, 6.07) is 11.2. The van der Waals surface area contributed by atoms with Crippen molar-refractivity contribution in [3.05, 3.63) is 52.0 Å². The number of primary amides is 1. The number of hydrogen-bond acceptors (Lipinski definition) is 2. The van der Waals surface area contributed by atoms with Crippen LogP contribution >= 0.6 is 15.9 Å². The van der Waals surface area contributed by atoms with Crippen molar-refractivity contribution in [1.29, 1.82) is 0 Å². The van der Waals surface area contributed by atoms with E-state index in [1.54, 1.807) is 12.1 Å². The van der Waals surface area contributed by atoms with E-state index in [2.05, 4.69) is 15.9 Å². The van der Waals surface area contributed by atoms with Crippen LogP contribution in [0.3, 0.4) is 0 Å². The Hall–Kier alpha value is -1.81. The van der Waals surface area contributed by atoms with Gasteiger partial charge in [0.15, 0.2) is 0 Å². The maximum Gasteiger partial charge on any atom is 0.250 e. The lowest BCUT2D eigenvalue weighted by Gasteiger charge is -2.12. The number of nitrogens with two attached hydrogens (primary N) is 2. The summed E-state index contributed by atoms with van der Waals surface area (Å²) >= 11 is 3.48. The van der Waals surface area contributed by atoms with Crippen LogP contribution in [0.1, 0.15) is 15.9 Å². The first-order valence-corrected chi connectivity index (χ1v) is 6.25. The van der Waals surface area contributed by atoms with Crippen LogP contribution in [-0.2, 0) is 0 Å². The Morgan fingerprint density at radius 3 is 2.39 bits per heavy atom. The van der Waals surface area contributed by atoms with Gasteiger partial charge < -0.3 is 11.5 Å². The monoisotopic (exact) mass is 304 g/mol. The first kappa shape index (κ1) is 12.6. The number of hydrogen-bond donors (Lipinski definition) is 2. The number of anilines is 1. The Balaban J connectivity index is 2.69. The molecule has 0 aliphatic carbocycles. The van der Waals surface area contributed by atoms with E-state index in [1.807, 2.05) is 31.2 Å². The average molecular weight is 305 g/mol. The summed E-state index contributed by atoms with van der Waals surface area (Å²) in [6.07, 6.45) is 0. The molecule has 0 radical (unpaired) electrons. The van der Waals surface area contributed by atoms with Gasteiger partial charge in [0.1, 0.15) is 0 Å². The lowest BCUT2D eigenvalue weighted by molar-refractivity contribution is 0.100. The summed E-state index contributed by atoms with van der Waals surface area (Å²) in [4.78, 5) is 11.3. The zero-order valence-electron chi connectivity index (χ0n) is 9.91. The van der Waals surface area contributed by atoms with Gasteiger partial charge in [-0.2, -0.15) is 0 Å². The Morgan fingerprint density at radius 2 is 1.72 bits per heavy atom. The minimum atomic E-state index is -0.512. The molecule has 2 aromatic carbocycles. The van der Waals surface area contributed by atoms with Gasteiger partial charge in [0.25, 0.3) is 5.91 Å². The average Bonchev–Trinajstić information content (AvgIpc) is 2.33. The number of benzene rings is 2. The first-order valence-electron chi connectivity index (χ1n) is 5.46. The van der Waals surface area contributed by atoms with Crippen molar-refractivity contribution in [2.75, 3.05) is 5.73 Å². The molecule has 4 N–H and O–H groups in total. The van der Waals surface area contributed by atoms with Crippen molar-refractivity contribution in [2.24, 2.45) is 5.73 Å². The summed E-state index contributed by atoms with van der Waals surface area (Å²) in [6.45, 7) is 2.00. The van der Waals surface area contributed by atoms with Crippen molar-refractivity contribution in [3.8, 4) is 11.1 Å². The van der Waals surface area contributed by atoms with E-state index in [0.29, 0.717) is 11.3 Å². The summed E-state index contributed by atoms with van der Waals surface area (Å²) in [5, 5.41) is 0. The molecule has 18 heavy (non-hydrogen) atoms. The van der Waals surface area contributed by atoms with E-state index >= 15 is 0 Å². The molecule has 0 aliphatic rings. The van der Waals surface area contributed by atoms with E-state index in [-0.39, 0.29) is 0 Å². The third-order valence-corrected chi connectivity index (χ3v) is 3.79. The highest BCUT2D eigenvalue weighted by atomic mass is 79.9. The van der Waals surface area contributed by atoms with Crippen molar-refractivity contribution < 1.29 is 4.79 Å². The zero-order chi connectivity index (χ0) is 13.3. The predicted octanol–water partition coefficient (Wildman–Crippen LogP) is 3.11. The summed E-state index contributed by atoms with van der Waals surface area (Å²) in [7, 11) is 0. The molecule has 0 heterocycles. The number of carbonyl (C=O) groups excluding carboxylic acids is 1. The molecule has 4 heteroatoms. The molecule has 1 amide bonds. The minimum Gasteiger partial charge on any atom is -0.398 e. The molecular formula is C14H13BrN2O. The van der Waals surface area contributed by atoms with Crippen LogP contribution in [0.2, 0.25) is 0 Å². The number of halogens is 1. The predicted molar refractivity (Wildman–Crippen MR) is 77.2 cm³/mol. The molecule has 0 unspecified atom stereocenters. The van der Waals surface area contributed by atoms with Crippen molar-refractivity contribution in [3.63, 3.8) is 0 Å². The maximum atomic E-state index is 11.3. The molecule has 0 bridgehead atoms. The summed E-state index contributed by atoms with van der Waals surface area (Å²) in [5.41, 5.74) is 15.0. The standard InChI is InChI=1S/C14H13BrN2O/c1-8-9(4-3-7-12(8)15)10-5-2-6-11(13(10)16)14(17)18/h2-7H,16H2,1H3,(H2,17,18). The molecule has 92 valence electrons. The van der Waals surface area contributed by atoms with Crippen molar-refractivity contribution >= 4 is 27.5 Å². The van der Waals surface area contributed by atoms with Gasteiger partial charge in [-0.1, -0.05) is 40.2 Å². The molecule has 0 atom stereocenters. The lowest BCUT2D eigenvalue weighted by Crippen LogP contribution is -2.13. The van der Waals surface area contributed by atoms with Gasteiger partial charge in [0.2, 0.25) is 0 Å². The molecule has 3 nitrogen and oxygen atoms in total. The number of nitrogen functional groups attached to an aromatic ring is 1. The van der Waals surface area contributed by atoms with Crippen LogP contribution < -0.4 is 11.5 Å². The fourth-order valence-corrected chi connectivity index (χ4v) is 2.28. The van der Waals surface area contributed by atoms with Crippen LogP contribution in [-0.4, -0.2) is 5.91 Å². The first-order chi connectivity index (χ1) is 8.52. The van der Waals surface area contributed by atoms with Gasteiger partial charge in [0, 0.05) is 10.0 Å². The Labute approximate surface area is 114 Å². The van der Waals surface area contributed by atoms with Gasteiger partial charge in [-0.05, 0) is 30.2 Å². The fraction of sp³-hybridized carbons (Fsp3) is 0.0714. The number of rotatable bonds is 2. The maximum absolute atomic E-state index is 11.3. The van der Waals surface area contributed by atoms with Crippen LogP contribution in [0.5, 0.6) is 0 Å². The van der Waals surface area contributed by atoms with Gasteiger partial charge in [-0.3, -0.25) is 4.79 Å². The Kier molecular flexibility index (Phi) is 3.39. The van der Waals surface area contributed by atoms with Crippen molar-refractivity contribution in [2.45, 2.75) is 6.92 Å².